The minimum Gasteiger partial charge on any atom is -0.481 e. The summed E-state index contributed by atoms with van der Waals surface area (Å²) in [7, 11) is 0. The fourth-order valence-electron chi connectivity index (χ4n) is 1.16. The Bertz CT molecular complexity index is 375. The van der Waals surface area contributed by atoms with E-state index in [9.17, 15) is 9.59 Å². The summed E-state index contributed by atoms with van der Waals surface area (Å²) in [5.74, 6) is -4.04. The predicted molar refractivity (Wildman–Crippen MR) is 56.6 cm³/mol. The molecule has 15 heavy (non-hydrogen) atoms. The first-order valence-electron chi connectivity index (χ1n) is 4.21. The van der Waals surface area contributed by atoms with E-state index < -0.39 is 17.9 Å². The van der Waals surface area contributed by atoms with Crippen molar-refractivity contribution in [3.05, 3.63) is 34.3 Å². The number of carbonyl (C=O) groups is 2. The van der Waals surface area contributed by atoms with Gasteiger partial charge in [-0.2, -0.15) is 0 Å². The average molecular weight is 273 g/mol. The lowest BCUT2D eigenvalue weighted by atomic mass is 10.00. The molecule has 1 rings (SSSR count). The molecule has 4 nitrogen and oxygen atoms in total. The van der Waals surface area contributed by atoms with E-state index in [-0.39, 0.29) is 6.42 Å². The molecular weight excluding hydrogens is 264 g/mol. The number of benzene rings is 1. The second-order valence-corrected chi connectivity index (χ2v) is 3.88. The Labute approximate surface area is 94.7 Å². The van der Waals surface area contributed by atoms with Crippen molar-refractivity contribution >= 4 is 27.9 Å². The van der Waals surface area contributed by atoms with Gasteiger partial charge in [0.1, 0.15) is 0 Å². The lowest BCUT2D eigenvalue weighted by Crippen LogP contribution is -2.25. The fourth-order valence-corrected chi connectivity index (χ4v) is 1.61. The predicted octanol–water partition coefficient (Wildman–Crippen LogP) is 1.78. The smallest absolute Gasteiger partial charge is 0.318 e. The Hall–Kier alpha value is -1.36. The molecule has 1 aromatic carbocycles. The molecular formula is C10H9BrO4. The average Bonchev–Trinajstić information content (AvgIpc) is 2.15. The van der Waals surface area contributed by atoms with Crippen LogP contribution in [0.25, 0.3) is 0 Å². The Balaban J connectivity index is 2.88. The van der Waals surface area contributed by atoms with Gasteiger partial charge >= 0.3 is 11.9 Å². The van der Waals surface area contributed by atoms with Gasteiger partial charge in [0.25, 0.3) is 0 Å². The molecule has 0 saturated carbocycles. The van der Waals surface area contributed by atoms with E-state index in [1.54, 1.807) is 24.3 Å². The lowest BCUT2D eigenvalue weighted by Gasteiger charge is -2.08. The summed E-state index contributed by atoms with van der Waals surface area (Å²) in [5, 5.41) is 17.4. The van der Waals surface area contributed by atoms with E-state index in [1.165, 1.54) is 0 Å². The van der Waals surface area contributed by atoms with Crippen LogP contribution in [0.2, 0.25) is 0 Å². The molecule has 0 aliphatic carbocycles. The molecule has 5 heteroatoms. The Kier molecular flexibility index (Phi) is 3.85. The van der Waals surface area contributed by atoms with Crippen molar-refractivity contribution in [2.45, 2.75) is 6.42 Å². The fraction of sp³-hybridized carbons (Fsp3) is 0.200. The Morgan fingerprint density at radius 3 is 2.20 bits per heavy atom. The zero-order valence-electron chi connectivity index (χ0n) is 7.68. The van der Waals surface area contributed by atoms with Gasteiger partial charge in [-0.15, -0.1) is 0 Å². The van der Waals surface area contributed by atoms with Crippen LogP contribution in [0.5, 0.6) is 0 Å². The molecule has 0 aromatic heterocycles. The SMILES string of the molecule is O=C(O)C(Cc1ccccc1Br)C(=O)O. The zero-order chi connectivity index (χ0) is 11.4. The first kappa shape index (κ1) is 11.7. The van der Waals surface area contributed by atoms with Gasteiger partial charge in [0, 0.05) is 4.47 Å². The molecule has 0 atom stereocenters. The first-order valence-corrected chi connectivity index (χ1v) is 5.00. The van der Waals surface area contributed by atoms with E-state index in [1.807, 2.05) is 0 Å². The largest absolute Gasteiger partial charge is 0.481 e. The van der Waals surface area contributed by atoms with Crippen LogP contribution in [0.1, 0.15) is 5.56 Å². The maximum Gasteiger partial charge on any atom is 0.318 e. The summed E-state index contributed by atoms with van der Waals surface area (Å²) in [6, 6.07) is 6.96. The van der Waals surface area contributed by atoms with E-state index in [0.29, 0.717) is 5.56 Å². The third-order valence-electron chi connectivity index (χ3n) is 1.98. The third-order valence-corrected chi connectivity index (χ3v) is 2.75. The van der Waals surface area contributed by atoms with Gasteiger partial charge in [-0.05, 0) is 18.1 Å². The molecule has 0 aliphatic rings. The molecule has 0 radical (unpaired) electrons. The van der Waals surface area contributed by atoms with Crippen molar-refractivity contribution in [1.82, 2.24) is 0 Å². The van der Waals surface area contributed by atoms with Crippen LogP contribution in [0.15, 0.2) is 28.7 Å². The van der Waals surface area contributed by atoms with E-state index in [4.69, 9.17) is 10.2 Å². The van der Waals surface area contributed by atoms with E-state index in [2.05, 4.69) is 15.9 Å². The Morgan fingerprint density at radius 1 is 1.20 bits per heavy atom. The number of halogens is 1. The summed E-state index contributed by atoms with van der Waals surface area (Å²) in [6.45, 7) is 0. The molecule has 0 aliphatic heterocycles. The lowest BCUT2D eigenvalue weighted by molar-refractivity contribution is -0.154. The number of aliphatic carboxylic acids is 2. The number of hydrogen-bond donors (Lipinski definition) is 2. The summed E-state index contributed by atoms with van der Waals surface area (Å²) in [6.07, 6.45) is -0.0217. The quantitative estimate of drug-likeness (QED) is 0.820. The summed E-state index contributed by atoms with van der Waals surface area (Å²) < 4.78 is 0.720. The summed E-state index contributed by atoms with van der Waals surface area (Å²) >= 11 is 3.24. The molecule has 0 spiro atoms. The molecule has 80 valence electrons. The molecule has 1 aromatic rings. The van der Waals surface area contributed by atoms with Gasteiger partial charge in [0.2, 0.25) is 0 Å². The highest BCUT2D eigenvalue weighted by atomic mass is 79.9. The monoisotopic (exact) mass is 272 g/mol. The van der Waals surface area contributed by atoms with Crippen LogP contribution in [0.3, 0.4) is 0 Å². The van der Waals surface area contributed by atoms with Crippen LogP contribution in [-0.2, 0) is 16.0 Å². The zero-order valence-corrected chi connectivity index (χ0v) is 9.27. The van der Waals surface area contributed by atoms with Gasteiger partial charge in [-0.1, -0.05) is 34.1 Å². The highest BCUT2D eigenvalue weighted by molar-refractivity contribution is 9.10. The van der Waals surface area contributed by atoms with E-state index in [0.717, 1.165) is 4.47 Å². The number of rotatable bonds is 4. The topological polar surface area (TPSA) is 74.6 Å². The highest BCUT2D eigenvalue weighted by Gasteiger charge is 2.26. The van der Waals surface area contributed by atoms with Crippen molar-refractivity contribution in [3.63, 3.8) is 0 Å². The minimum atomic E-state index is -1.40. The van der Waals surface area contributed by atoms with Crippen molar-refractivity contribution in [1.29, 1.82) is 0 Å². The van der Waals surface area contributed by atoms with Crippen LogP contribution in [-0.4, -0.2) is 22.2 Å². The number of carboxylic acids is 2. The molecule has 0 amide bonds. The first-order chi connectivity index (χ1) is 7.02. The van der Waals surface area contributed by atoms with Crippen LogP contribution in [0, 0.1) is 5.92 Å². The summed E-state index contributed by atoms with van der Waals surface area (Å²) in [4.78, 5) is 21.3. The van der Waals surface area contributed by atoms with Crippen molar-refractivity contribution in [3.8, 4) is 0 Å². The standard InChI is InChI=1S/C10H9BrO4/c11-8-4-2-1-3-6(8)5-7(9(12)13)10(14)15/h1-4,7H,5H2,(H,12,13)(H,14,15). The normalized spacial score (nSPS) is 10.3. The van der Waals surface area contributed by atoms with Crippen LogP contribution in [0.4, 0.5) is 0 Å². The van der Waals surface area contributed by atoms with Crippen molar-refractivity contribution < 1.29 is 19.8 Å². The van der Waals surface area contributed by atoms with Crippen molar-refractivity contribution in [2.24, 2.45) is 5.92 Å². The number of hydrogen-bond acceptors (Lipinski definition) is 2. The second kappa shape index (κ2) is 4.93. The van der Waals surface area contributed by atoms with Crippen molar-refractivity contribution in [2.75, 3.05) is 0 Å². The Morgan fingerprint density at radius 2 is 1.73 bits per heavy atom. The molecule has 0 unspecified atom stereocenters. The maximum atomic E-state index is 10.7. The minimum absolute atomic E-state index is 0.0217. The van der Waals surface area contributed by atoms with Gasteiger partial charge in [-0.25, -0.2) is 0 Å². The van der Waals surface area contributed by atoms with E-state index >= 15 is 0 Å². The summed E-state index contributed by atoms with van der Waals surface area (Å²) in [5.41, 5.74) is 0.673. The van der Waals surface area contributed by atoms with Gasteiger partial charge < -0.3 is 10.2 Å². The molecule has 0 heterocycles. The van der Waals surface area contributed by atoms with Gasteiger partial charge in [0.15, 0.2) is 5.92 Å². The third kappa shape index (κ3) is 3.06. The highest BCUT2D eigenvalue weighted by Crippen LogP contribution is 2.19. The molecule has 0 saturated heterocycles. The van der Waals surface area contributed by atoms with Crippen LogP contribution >= 0.6 is 15.9 Å². The molecule has 0 fully saturated rings. The molecule has 0 bridgehead atoms. The molecule has 2 N–H and O–H groups in total. The van der Waals surface area contributed by atoms with Gasteiger partial charge in [-0.3, -0.25) is 9.59 Å². The number of carboxylic acid groups (broad SMARTS) is 2. The second-order valence-electron chi connectivity index (χ2n) is 3.02. The van der Waals surface area contributed by atoms with Crippen LogP contribution < -0.4 is 0 Å². The van der Waals surface area contributed by atoms with Gasteiger partial charge in [0.05, 0.1) is 0 Å². The maximum absolute atomic E-state index is 10.7.